The lowest BCUT2D eigenvalue weighted by atomic mass is 10.2. The van der Waals surface area contributed by atoms with Gasteiger partial charge >= 0.3 is 0 Å². The topological polar surface area (TPSA) is 21.3 Å². The van der Waals surface area contributed by atoms with E-state index in [1.807, 2.05) is 12.1 Å². The van der Waals surface area contributed by atoms with Gasteiger partial charge in [0, 0.05) is 16.9 Å². The van der Waals surface area contributed by atoms with Crippen molar-refractivity contribution in [1.29, 1.82) is 0 Å². The van der Waals surface area contributed by atoms with Crippen molar-refractivity contribution in [2.24, 2.45) is 5.92 Å². The Bertz CT molecular complexity index is 328. The molecule has 2 nitrogen and oxygen atoms in total. The molecule has 1 N–H and O–H groups in total. The predicted molar refractivity (Wildman–Crippen MR) is 72.1 cm³/mol. The van der Waals surface area contributed by atoms with Gasteiger partial charge in [-0.1, -0.05) is 29.8 Å². The second kappa shape index (κ2) is 6.92. The zero-order chi connectivity index (χ0) is 12.0. The van der Waals surface area contributed by atoms with Gasteiger partial charge < -0.3 is 10.1 Å². The molecule has 1 unspecified atom stereocenters. The van der Waals surface area contributed by atoms with Gasteiger partial charge in [-0.05, 0) is 37.2 Å². The smallest absolute Gasteiger partial charge is 0.122 e. The molecule has 0 spiro atoms. The van der Waals surface area contributed by atoms with Gasteiger partial charge in [0.15, 0.2) is 0 Å². The molecule has 0 saturated carbocycles. The molecule has 0 amide bonds. The Kier molecular flexibility index (Phi) is 5.85. The van der Waals surface area contributed by atoms with Gasteiger partial charge in [-0.2, -0.15) is 0 Å². The van der Waals surface area contributed by atoms with Crippen molar-refractivity contribution in [3.63, 3.8) is 0 Å². The van der Waals surface area contributed by atoms with Crippen LogP contribution in [0.15, 0.2) is 22.7 Å². The Labute approximate surface area is 107 Å². The third-order valence-corrected chi connectivity index (χ3v) is 2.90. The van der Waals surface area contributed by atoms with Gasteiger partial charge in [-0.15, -0.1) is 0 Å². The first-order chi connectivity index (χ1) is 7.63. The second-order valence-electron chi connectivity index (χ2n) is 4.13. The minimum absolute atomic E-state index is 0.531. The van der Waals surface area contributed by atoms with Gasteiger partial charge in [0.05, 0.1) is 6.61 Å². The highest BCUT2D eigenvalue weighted by Crippen LogP contribution is 2.22. The zero-order valence-corrected chi connectivity index (χ0v) is 11.8. The Morgan fingerprint density at radius 1 is 1.44 bits per heavy atom. The summed E-state index contributed by atoms with van der Waals surface area (Å²) in [6.07, 6.45) is 0. The van der Waals surface area contributed by atoms with Gasteiger partial charge in [0.2, 0.25) is 0 Å². The summed E-state index contributed by atoms with van der Waals surface area (Å²) in [5.41, 5.74) is 1.17. The number of ether oxygens (including phenoxy) is 1. The summed E-state index contributed by atoms with van der Waals surface area (Å²) in [4.78, 5) is 0. The molecule has 16 heavy (non-hydrogen) atoms. The van der Waals surface area contributed by atoms with E-state index in [2.05, 4.69) is 48.1 Å². The first-order valence-corrected chi connectivity index (χ1v) is 6.52. The van der Waals surface area contributed by atoms with Crippen LogP contribution in [0.4, 0.5) is 0 Å². The van der Waals surface area contributed by atoms with E-state index in [1.54, 1.807) is 0 Å². The van der Waals surface area contributed by atoms with Crippen molar-refractivity contribution in [1.82, 2.24) is 5.32 Å². The van der Waals surface area contributed by atoms with E-state index >= 15 is 0 Å². The number of aryl methyl sites for hydroxylation is 1. The summed E-state index contributed by atoms with van der Waals surface area (Å²) >= 11 is 3.44. The summed E-state index contributed by atoms with van der Waals surface area (Å²) in [6, 6.07) is 6.10. The molecular weight excluding hydrogens is 266 g/mol. The number of nitrogens with one attached hydrogen (secondary N) is 1. The molecule has 1 rings (SSSR count). The summed E-state index contributed by atoms with van der Waals surface area (Å²) < 4.78 is 6.89. The Morgan fingerprint density at radius 2 is 2.19 bits per heavy atom. The maximum Gasteiger partial charge on any atom is 0.122 e. The van der Waals surface area contributed by atoms with Gasteiger partial charge in [-0.3, -0.25) is 0 Å². The van der Waals surface area contributed by atoms with Crippen molar-refractivity contribution in [3.05, 3.63) is 28.2 Å². The molecule has 0 bridgehead atoms. The molecule has 3 heteroatoms. The van der Waals surface area contributed by atoms with Crippen molar-refractivity contribution < 1.29 is 4.74 Å². The molecule has 1 aromatic carbocycles. The van der Waals surface area contributed by atoms with Gasteiger partial charge in [0.1, 0.15) is 5.75 Å². The third kappa shape index (κ3) is 4.54. The van der Waals surface area contributed by atoms with Crippen LogP contribution in [0.3, 0.4) is 0 Å². The van der Waals surface area contributed by atoms with Crippen LogP contribution in [-0.2, 0) is 0 Å². The molecule has 0 heterocycles. The van der Waals surface area contributed by atoms with Crippen LogP contribution < -0.4 is 10.1 Å². The van der Waals surface area contributed by atoms with Gasteiger partial charge in [0.25, 0.3) is 0 Å². The third-order valence-electron chi connectivity index (χ3n) is 2.40. The molecule has 0 aliphatic carbocycles. The van der Waals surface area contributed by atoms with Crippen molar-refractivity contribution >= 4 is 15.9 Å². The normalized spacial score (nSPS) is 12.5. The molecule has 0 aromatic heterocycles. The quantitative estimate of drug-likeness (QED) is 0.865. The van der Waals surface area contributed by atoms with Crippen LogP contribution in [0.5, 0.6) is 5.75 Å². The lowest BCUT2D eigenvalue weighted by molar-refractivity contribution is 0.255. The Hall–Kier alpha value is -0.540. The van der Waals surface area contributed by atoms with Crippen LogP contribution in [-0.4, -0.2) is 19.7 Å². The van der Waals surface area contributed by atoms with E-state index < -0.39 is 0 Å². The summed E-state index contributed by atoms with van der Waals surface area (Å²) in [5, 5.41) is 3.32. The van der Waals surface area contributed by atoms with Crippen LogP contribution in [0.2, 0.25) is 0 Å². The molecule has 0 saturated heterocycles. The zero-order valence-electron chi connectivity index (χ0n) is 10.2. The maximum absolute atomic E-state index is 5.79. The van der Waals surface area contributed by atoms with E-state index in [0.717, 1.165) is 29.9 Å². The molecule has 0 aliphatic heterocycles. The largest absolute Gasteiger partial charge is 0.493 e. The van der Waals surface area contributed by atoms with Crippen molar-refractivity contribution in [2.45, 2.75) is 20.8 Å². The number of halogens is 1. The first kappa shape index (κ1) is 13.5. The SMILES string of the molecule is CCNCC(C)COc1ccc(Br)cc1C. The Morgan fingerprint density at radius 3 is 2.81 bits per heavy atom. The molecule has 0 fully saturated rings. The monoisotopic (exact) mass is 285 g/mol. The second-order valence-corrected chi connectivity index (χ2v) is 5.05. The lowest BCUT2D eigenvalue weighted by Gasteiger charge is -2.14. The van der Waals surface area contributed by atoms with Crippen LogP contribution in [0.1, 0.15) is 19.4 Å². The summed E-state index contributed by atoms with van der Waals surface area (Å²) in [6.45, 7) is 9.15. The van der Waals surface area contributed by atoms with Crippen molar-refractivity contribution in [2.75, 3.05) is 19.7 Å². The van der Waals surface area contributed by atoms with Crippen LogP contribution >= 0.6 is 15.9 Å². The summed E-state index contributed by atoms with van der Waals surface area (Å²) in [7, 11) is 0. The minimum atomic E-state index is 0.531. The number of rotatable bonds is 6. The van der Waals surface area contributed by atoms with E-state index in [9.17, 15) is 0 Å². The van der Waals surface area contributed by atoms with E-state index in [-0.39, 0.29) is 0 Å². The molecule has 1 atom stereocenters. The van der Waals surface area contributed by atoms with Crippen molar-refractivity contribution in [3.8, 4) is 5.75 Å². The average molecular weight is 286 g/mol. The first-order valence-electron chi connectivity index (χ1n) is 5.73. The molecule has 1 aromatic rings. The fourth-order valence-electron chi connectivity index (χ4n) is 1.46. The highest BCUT2D eigenvalue weighted by molar-refractivity contribution is 9.10. The number of hydrogen-bond donors (Lipinski definition) is 1. The minimum Gasteiger partial charge on any atom is -0.493 e. The molecule has 0 aliphatic rings. The Balaban J connectivity index is 2.42. The summed E-state index contributed by atoms with van der Waals surface area (Å²) in [5.74, 6) is 1.51. The predicted octanol–water partition coefficient (Wildman–Crippen LogP) is 3.38. The van der Waals surface area contributed by atoms with E-state index in [1.165, 1.54) is 5.56 Å². The van der Waals surface area contributed by atoms with Gasteiger partial charge in [-0.25, -0.2) is 0 Å². The van der Waals surface area contributed by atoms with Crippen LogP contribution in [0.25, 0.3) is 0 Å². The highest BCUT2D eigenvalue weighted by atomic mass is 79.9. The number of benzene rings is 1. The van der Waals surface area contributed by atoms with Crippen LogP contribution in [0, 0.1) is 12.8 Å². The fourth-order valence-corrected chi connectivity index (χ4v) is 1.93. The standard InChI is InChI=1S/C13H20BrNO/c1-4-15-8-10(2)9-16-13-6-5-12(14)7-11(13)3/h5-7,10,15H,4,8-9H2,1-3H3. The van der Waals surface area contributed by atoms with E-state index in [4.69, 9.17) is 4.74 Å². The number of hydrogen-bond acceptors (Lipinski definition) is 2. The molecular formula is C13H20BrNO. The fraction of sp³-hybridized carbons (Fsp3) is 0.538. The maximum atomic E-state index is 5.79. The molecule has 90 valence electrons. The average Bonchev–Trinajstić information content (AvgIpc) is 2.25. The molecule has 0 radical (unpaired) electrons. The van der Waals surface area contributed by atoms with E-state index in [0.29, 0.717) is 5.92 Å². The highest BCUT2D eigenvalue weighted by Gasteiger charge is 2.04. The lowest BCUT2D eigenvalue weighted by Crippen LogP contribution is -2.24.